The van der Waals surface area contributed by atoms with Crippen LogP contribution in [0.15, 0.2) is 47.4 Å². The molecule has 1 aromatic carbocycles. The maximum absolute atomic E-state index is 13.3. The number of anilines is 1. The highest BCUT2D eigenvalue weighted by molar-refractivity contribution is 6.14. The maximum Gasteiger partial charge on any atom is 0.398 e. The minimum Gasteiger partial charge on any atom is -0.500 e. The molecule has 192 valence electrons. The molecular weight excluding hydrogens is 490 g/mol. The minimum atomic E-state index is -4.35. The van der Waals surface area contributed by atoms with Crippen LogP contribution < -0.4 is 10.9 Å². The zero-order chi connectivity index (χ0) is 27.6. The van der Waals surface area contributed by atoms with E-state index in [1.165, 1.54) is 36.4 Å². The molecule has 3 aromatic rings. The Morgan fingerprint density at radius 1 is 1.24 bits per heavy atom. The summed E-state index contributed by atoms with van der Waals surface area (Å²) < 4.78 is 40.3. The van der Waals surface area contributed by atoms with Gasteiger partial charge in [0.05, 0.1) is 23.1 Å². The van der Waals surface area contributed by atoms with Gasteiger partial charge in [-0.15, -0.1) is 0 Å². The molecule has 4 rings (SSSR count). The predicted octanol–water partition coefficient (Wildman–Crippen LogP) is 2.77. The van der Waals surface area contributed by atoms with Crippen molar-refractivity contribution < 1.29 is 28.2 Å². The first-order valence-corrected chi connectivity index (χ1v) is 11.3. The number of amides is 1. The predicted molar refractivity (Wildman–Crippen MR) is 128 cm³/mol. The monoisotopic (exact) mass is 513 g/mol. The highest BCUT2D eigenvalue weighted by atomic mass is 19.4. The van der Waals surface area contributed by atoms with Crippen molar-refractivity contribution in [2.45, 2.75) is 50.3 Å². The molecule has 1 aliphatic rings. The molecule has 4 N–H and O–H groups in total. The zero-order valence-corrected chi connectivity index (χ0v) is 19.9. The molecule has 0 bridgehead atoms. The molecule has 13 heteroatoms. The zero-order valence-electron chi connectivity index (χ0n) is 19.9. The van der Waals surface area contributed by atoms with E-state index < -0.39 is 40.2 Å². The van der Waals surface area contributed by atoms with Gasteiger partial charge in [0.15, 0.2) is 19.3 Å². The Hall–Kier alpha value is -4.05. The first-order chi connectivity index (χ1) is 17.4. The summed E-state index contributed by atoms with van der Waals surface area (Å²) in [5.74, 6) is -2.09. The Morgan fingerprint density at radius 2 is 1.86 bits per heavy atom. The van der Waals surface area contributed by atoms with E-state index in [0.717, 1.165) is 6.20 Å². The van der Waals surface area contributed by atoms with Crippen molar-refractivity contribution in [1.29, 1.82) is 5.26 Å². The number of aromatic hydroxyl groups is 1. The van der Waals surface area contributed by atoms with E-state index in [-0.39, 0.29) is 36.1 Å². The molecule has 1 atom stereocenters. The molecule has 1 aliphatic carbocycles. The number of nitrogens with one attached hydrogen (secondary N) is 2. The summed E-state index contributed by atoms with van der Waals surface area (Å²) in [6.07, 6.45) is -3.46. The Balaban J connectivity index is 0.00000186. The lowest BCUT2D eigenvalue weighted by Gasteiger charge is -2.24. The summed E-state index contributed by atoms with van der Waals surface area (Å²) in [6, 6.07) is 9.82. The summed E-state index contributed by atoms with van der Waals surface area (Å²) in [7, 11) is 5.81. The van der Waals surface area contributed by atoms with Crippen LogP contribution in [0.4, 0.5) is 19.0 Å². The molecular formula is C24H23BF3N5O4. The fourth-order valence-electron chi connectivity index (χ4n) is 3.72. The molecule has 1 amide bonds. The quantitative estimate of drug-likeness (QED) is 0.373. The van der Waals surface area contributed by atoms with E-state index in [4.69, 9.17) is 13.1 Å². The second-order valence-electron chi connectivity index (χ2n) is 8.25. The number of carbonyl (C=O) groups is 1. The van der Waals surface area contributed by atoms with E-state index in [1.807, 2.05) is 19.9 Å². The van der Waals surface area contributed by atoms with Crippen LogP contribution in [0.1, 0.15) is 49.1 Å². The average molecular weight is 513 g/mol. The van der Waals surface area contributed by atoms with Gasteiger partial charge in [0.2, 0.25) is 11.7 Å². The average Bonchev–Trinajstić information content (AvgIpc) is 3.65. The lowest BCUT2D eigenvalue weighted by molar-refractivity contribution is -0.160. The summed E-state index contributed by atoms with van der Waals surface area (Å²) in [5, 5.41) is 34.2. The third kappa shape index (κ3) is 5.24. The number of halogens is 3. The number of benzene rings is 1. The van der Waals surface area contributed by atoms with Crippen molar-refractivity contribution in [3.05, 3.63) is 75.3 Å². The van der Waals surface area contributed by atoms with Gasteiger partial charge in [0.25, 0.3) is 0 Å². The second kappa shape index (κ2) is 10.1. The summed E-state index contributed by atoms with van der Waals surface area (Å²) >= 11 is 0. The van der Waals surface area contributed by atoms with E-state index >= 15 is 0 Å². The number of aromatic amines is 1. The highest BCUT2D eigenvalue weighted by Gasteiger charge is 2.64. The van der Waals surface area contributed by atoms with E-state index in [1.54, 1.807) is 0 Å². The Morgan fingerprint density at radius 3 is 2.35 bits per heavy atom. The number of hydrogen-bond donors (Lipinski definition) is 4. The molecule has 1 saturated carbocycles. The van der Waals surface area contributed by atoms with Crippen LogP contribution in [-0.4, -0.2) is 44.9 Å². The highest BCUT2D eigenvalue weighted by Crippen LogP contribution is 2.58. The van der Waals surface area contributed by atoms with Crippen molar-refractivity contribution in [1.82, 2.24) is 14.8 Å². The number of aliphatic hydroxyl groups is 1. The number of H-pyrrole nitrogens is 1. The standard InChI is InChI=1S/C22H17BF3N5O4.C2H6/c23-21(35,15-6-3-13(10-27)11-28-15)31-19(34)17(33)18(30-31)29-16(32)9-12-1-4-14(5-2-12)20(7-8-20)22(24,25)26;1-2/h1-6,11,30,33,35H,7-9H2,(H,29,32);1-2H3. The van der Waals surface area contributed by atoms with Crippen molar-refractivity contribution in [2.24, 2.45) is 0 Å². The smallest absolute Gasteiger partial charge is 0.398 e. The van der Waals surface area contributed by atoms with Crippen LogP contribution in [0.25, 0.3) is 0 Å². The fraction of sp³-hybridized carbons (Fsp3) is 0.333. The molecule has 37 heavy (non-hydrogen) atoms. The molecule has 0 aliphatic heterocycles. The lowest BCUT2D eigenvalue weighted by atomic mass is 9.87. The SMILES string of the molecule is CC.[B]C(O)(c1ccc(C#N)cn1)n1[nH]c(NC(=O)Cc2ccc(C3(C(F)(F)F)CC3)cc2)c(O)c1=O. The Bertz CT molecular complexity index is 1370. The van der Waals surface area contributed by atoms with Crippen LogP contribution in [-0.2, 0) is 22.3 Å². The summed E-state index contributed by atoms with van der Waals surface area (Å²) in [6.45, 7) is 4.00. The number of pyridine rings is 1. The Labute approximate surface area is 211 Å². The van der Waals surface area contributed by atoms with Crippen LogP contribution in [0.5, 0.6) is 5.75 Å². The molecule has 1 fully saturated rings. The van der Waals surface area contributed by atoms with Crippen molar-refractivity contribution in [3.8, 4) is 11.8 Å². The number of nitriles is 1. The lowest BCUT2D eigenvalue weighted by Crippen LogP contribution is -2.42. The maximum atomic E-state index is 13.3. The number of rotatable bonds is 6. The van der Waals surface area contributed by atoms with Crippen molar-refractivity contribution in [2.75, 3.05) is 5.32 Å². The molecule has 9 nitrogen and oxygen atoms in total. The third-order valence-corrected chi connectivity index (χ3v) is 5.90. The van der Waals surface area contributed by atoms with Gasteiger partial charge in [0.1, 0.15) is 6.07 Å². The summed E-state index contributed by atoms with van der Waals surface area (Å²) in [4.78, 5) is 28.7. The Kier molecular flexibility index (Phi) is 7.55. The molecule has 0 saturated heterocycles. The van der Waals surface area contributed by atoms with Gasteiger partial charge in [-0.2, -0.15) is 18.4 Å². The molecule has 2 aromatic heterocycles. The van der Waals surface area contributed by atoms with Crippen LogP contribution >= 0.6 is 0 Å². The van der Waals surface area contributed by atoms with E-state index in [9.17, 15) is 33.0 Å². The van der Waals surface area contributed by atoms with Crippen molar-refractivity contribution >= 4 is 19.6 Å². The number of alkyl halides is 3. The second-order valence-corrected chi connectivity index (χ2v) is 8.25. The van der Waals surface area contributed by atoms with Gasteiger partial charge < -0.3 is 15.5 Å². The topological polar surface area (TPSA) is 144 Å². The van der Waals surface area contributed by atoms with Gasteiger partial charge in [-0.25, -0.2) is 4.68 Å². The molecule has 1 unspecified atom stereocenters. The first-order valence-electron chi connectivity index (χ1n) is 11.3. The summed E-state index contributed by atoms with van der Waals surface area (Å²) in [5.41, 5.74) is -5.07. The van der Waals surface area contributed by atoms with Gasteiger partial charge in [-0.05, 0) is 36.1 Å². The van der Waals surface area contributed by atoms with Crippen LogP contribution in [0.2, 0.25) is 0 Å². The number of carbonyl (C=O) groups excluding carboxylic acids is 1. The largest absolute Gasteiger partial charge is 0.500 e. The van der Waals surface area contributed by atoms with Gasteiger partial charge in [-0.1, -0.05) is 38.1 Å². The first kappa shape index (κ1) is 27.5. The number of aromatic nitrogens is 3. The number of hydrogen-bond acceptors (Lipinski definition) is 6. The van der Waals surface area contributed by atoms with Crippen LogP contribution in [0, 0.1) is 11.3 Å². The molecule has 2 radical (unpaired) electrons. The van der Waals surface area contributed by atoms with Gasteiger partial charge in [0, 0.05) is 6.20 Å². The van der Waals surface area contributed by atoms with E-state index in [0.29, 0.717) is 10.2 Å². The van der Waals surface area contributed by atoms with E-state index in [2.05, 4.69) is 15.4 Å². The van der Waals surface area contributed by atoms with Crippen molar-refractivity contribution in [3.63, 3.8) is 0 Å². The molecule has 2 heterocycles. The normalized spacial score (nSPS) is 15.5. The number of nitrogens with zero attached hydrogens (tertiary/aromatic N) is 3. The van der Waals surface area contributed by atoms with Crippen LogP contribution in [0.3, 0.4) is 0 Å². The third-order valence-electron chi connectivity index (χ3n) is 5.90. The van der Waals surface area contributed by atoms with Gasteiger partial charge in [-0.3, -0.25) is 19.7 Å². The van der Waals surface area contributed by atoms with Gasteiger partial charge >= 0.3 is 11.7 Å². The fourth-order valence-corrected chi connectivity index (χ4v) is 3.72. The molecule has 0 spiro atoms. The minimum absolute atomic E-state index is 0.0193.